The maximum atomic E-state index is 12.3. The smallest absolute Gasteiger partial charge is 0.251 e. The van der Waals surface area contributed by atoms with E-state index in [0.29, 0.717) is 11.3 Å². The summed E-state index contributed by atoms with van der Waals surface area (Å²) in [6, 6.07) is 14.5. The van der Waals surface area contributed by atoms with Crippen LogP contribution in [0.15, 0.2) is 71.6 Å². The van der Waals surface area contributed by atoms with Gasteiger partial charge in [0, 0.05) is 23.6 Å². The van der Waals surface area contributed by atoms with E-state index in [0.717, 1.165) is 5.69 Å². The summed E-state index contributed by atoms with van der Waals surface area (Å²) in [6.45, 7) is 1.66. The monoisotopic (exact) mass is 310 g/mol. The molecule has 2 heterocycles. The lowest BCUT2D eigenvalue weighted by Gasteiger charge is -2.21. The van der Waals surface area contributed by atoms with E-state index in [-0.39, 0.29) is 12.5 Å². The number of amides is 1. The molecule has 1 amide bonds. The second kappa shape index (κ2) is 6.14. The molecule has 0 radical (unpaired) electrons. The lowest BCUT2D eigenvalue weighted by molar-refractivity contribution is 0.0330. The number of nitrogens with one attached hydrogen (secondary N) is 1. The van der Waals surface area contributed by atoms with E-state index in [2.05, 4.69) is 5.32 Å². The number of hydrogen-bond acceptors (Lipinski definition) is 3. The molecular weight excluding hydrogens is 292 g/mol. The number of aromatic nitrogens is 1. The standard InChI is InChI=1S/C18H18N2O3/c1-18(22,16-8-5-11-23-16)13-19-17(21)14-6-4-7-15(12-14)20-9-2-3-10-20/h2-12,22H,13H2,1H3,(H,19,21). The summed E-state index contributed by atoms with van der Waals surface area (Å²) in [5.74, 6) is 0.171. The molecule has 0 fully saturated rings. The second-order valence-corrected chi connectivity index (χ2v) is 5.57. The molecule has 5 heteroatoms. The number of carbonyl (C=O) groups excluding carboxylic acids is 1. The molecule has 0 bridgehead atoms. The van der Waals surface area contributed by atoms with Gasteiger partial charge in [0.15, 0.2) is 0 Å². The van der Waals surface area contributed by atoms with Crippen molar-refractivity contribution in [2.24, 2.45) is 0 Å². The highest BCUT2D eigenvalue weighted by atomic mass is 16.4. The summed E-state index contributed by atoms with van der Waals surface area (Å²) in [6.07, 6.45) is 5.32. The van der Waals surface area contributed by atoms with Gasteiger partial charge < -0.3 is 19.4 Å². The summed E-state index contributed by atoms with van der Waals surface area (Å²) >= 11 is 0. The molecular formula is C18H18N2O3. The first-order valence-corrected chi connectivity index (χ1v) is 7.34. The Morgan fingerprint density at radius 3 is 2.70 bits per heavy atom. The zero-order valence-corrected chi connectivity index (χ0v) is 12.8. The van der Waals surface area contributed by atoms with Crippen molar-refractivity contribution in [3.63, 3.8) is 0 Å². The minimum Gasteiger partial charge on any atom is -0.466 e. The zero-order chi connectivity index (χ0) is 16.3. The quantitative estimate of drug-likeness (QED) is 0.761. The van der Waals surface area contributed by atoms with Crippen LogP contribution >= 0.6 is 0 Å². The normalized spacial score (nSPS) is 13.5. The van der Waals surface area contributed by atoms with Gasteiger partial charge in [-0.25, -0.2) is 0 Å². The van der Waals surface area contributed by atoms with E-state index in [1.54, 1.807) is 31.2 Å². The molecule has 2 aromatic heterocycles. The first kappa shape index (κ1) is 15.1. The zero-order valence-electron chi connectivity index (χ0n) is 12.8. The topological polar surface area (TPSA) is 67.4 Å². The Morgan fingerprint density at radius 1 is 1.22 bits per heavy atom. The highest BCUT2D eigenvalue weighted by Gasteiger charge is 2.26. The number of nitrogens with zero attached hydrogens (tertiary/aromatic N) is 1. The van der Waals surface area contributed by atoms with Crippen molar-refractivity contribution in [1.29, 1.82) is 0 Å². The van der Waals surface area contributed by atoms with Gasteiger partial charge in [-0.2, -0.15) is 0 Å². The molecule has 3 aromatic rings. The highest BCUT2D eigenvalue weighted by Crippen LogP contribution is 2.20. The lowest BCUT2D eigenvalue weighted by atomic mass is 10.0. The summed E-state index contributed by atoms with van der Waals surface area (Å²) < 4.78 is 7.13. The maximum Gasteiger partial charge on any atom is 0.251 e. The van der Waals surface area contributed by atoms with Crippen LogP contribution in [-0.4, -0.2) is 22.1 Å². The third-order valence-corrected chi connectivity index (χ3v) is 3.66. The van der Waals surface area contributed by atoms with Crippen LogP contribution in [0.3, 0.4) is 0 Å². The van der Waals surface area contributed by atoms with Crippen LogP contribution in [0.25, 0.3) is 5.69 Å². The van der Waals surface area contributed by atoms with E-state index < -0.39 is 5.60 Å². The largest absolute Gasteiger partial charge is 0.466 e. The molecule has 3 rings (SSSR count). The number of aliphatic hydroxyl groups is 1. The van der Waals surface area contributed by atoms with Gasteiger partial charge in [0.2, 0.25) is 0 Å². The number of hydrogen-bond donors (Lipinski definition) is 2. The van der Waals surface area contributed by atoms with Gasteiger partial charge in [0.25, 0.3) is 5.91 Å². The number of benzene rings is 1. The van der Waals surface area contributed by atoms with Gasteiger partial charge in [-0.1, -0.05) is 6.07 Å². The lowest BCUT2D eigenvalue weighted by Crippen LogP contribution is -2.38. The van der Waals surface area contributed by atoms with E-state index in [4.69, 9.17) is 4.42 Å². The molecule has 1 atom stereocenters. The summed E-state index contributed by atoms with van der Waals surface area (Å²) in [7, 11) is 0. The van der Waals surface area contributed by atoms with Crippen LogP contribution in [0.5, 0.6) is 0 Å². The van der Waals surface area contributed by atoms with Crippen LogP contribution in [-0.2, 0) is 5.60 Å². The molecule has 0 saturated heterocycles. The van der Waals surface area contributed by atoms with Crippen molar-refractivity contribution >= 4 is 5.91 Å². The third kappa shape index (κ3) is 3.35. The maximum absolute atomic E-state index is 12.3. The van der Waals surface area contributed by atoms with Crippen molar-refractivity contribution in [3.05, 3.63) is 78.5 Å². The fourth-order valence-electron chi connectivity index (χ4n) is 2.34. The molecule has 1 aromatic carbocycles. The van der Waals surface area contributed by atoms with Crippen LogP contribution in [0.4, 0.5) is 0 Å². The van der Waals surface area contributed by atoms with Gasteiger partial charge in [-0.05, 0) is 49.4 Å². The Kier molecular flexibility index (Phi) is 4.04. The number of furan rings is 1. The Hall–Kier alpha value is -2.79. The minimum absolute atomic E-state index is 0.0626. The average molecular weight is 310 g/mol. The predicted octanol–water partition coefficient (Wildman–Crippen LogP) is 2.71. The second-order valence-electron chi connectivity index (χ2n) is 5.57. The van der Waals surface area contributed by atoms with Gasteiger partial charge in [0.1, 0.15) is 11.4 Å². The fraction of sp³-hybridized carbons (Fsp3) is 0.167. The fourth-order valence-corrected chi connectivity index (χ4v) is 2.34. The molecule has 1 unspecified atom stereocenters. The van der Waals surface area contributed by atoms with Crippen LogP contribution in [0.2, 0.25) is 0 Å². The van der Waals surface area contributed by atoms with E-state index in [9.17, 15) is 9.90 Å². The van der Waals surface area contributed by atoms with Crippen molar-refractivity contribution in [2.75, 3.05) is 6.54 Å². The van der Waals surface area contributed by atoms with E-state index in [1.165, 1.54) is 6.26 Å². The molecule has 0 saturated carbocycles. The van der Waals surface area contributed by atoms with E-state index >= 15 is 0 Å². The van der Waals surface area contributed by atoms with Crippen LogP contribution in [0, 0.1) is 0 Å². The SMILES string of the molecule is CC(O)(CNC(=O)c1cccc(-n2cccc2)c1)c1ccco1. The first-order chi connectivity index (χ1) is 11.1. The average Bonchev–Trinajstić information content (AvgIpc) is 3.25. The number of rotatable bonds is 5. The molecule has 0 aliphatic heterocycles. The van der Waals surface area contributed by atoms with Gasteiger partial charge >= 0.3 is 0 Å². The molecule has 0 spiro atoms. The van der Waals surface area contributed by atoms with Crippen LogP contribution in [0.1, 0.15) is 23.0 Å². The van der Waals surface area contributed by atoms with Gasteiger partial charge in [-0.15, -0.1) is 0 Å². The van der Waals surface area contributed by atoms with Crippen molar-refractivity contribution in [2.45, 2.75) is 12.5 Å². The molecule has 118 valence electrons. The molecule has 2 N–H and O–H groups in total. The molecule has 0 aliphatic carbocycles. The summed E-state index contributed by atoms with van der Waals surface area (Å²) in [5.41, 5.74) is 0.184. The van der Waals surface area contributed by atoms with Crippen molar-refractivity contribution in [3.8, 4) is 5.69 Å². The molecule has 23 heavy (non-hydrogen) atoms. The van der Waals surface area contributed by atoms with Gasteiger partial charge in [-0.3, -0.25) is 4.79 Å². The molecule has 0 aliphatic rings. The van der Waals surface area contributed by atoms with Crippen molar-refractivity contribution < 1.29 is 14.3 Å². The van der Waals surface area contributed by atoms with Crippen LogP contribution < -0.4 is 5.32 Å². The molecule has 5 nitrogen and oxygen atoms in total. The van der Waals surface area contributed by atoms with E-state index in [1.807, 2.05) is 41.2 Å². The predicted molar refractivity (Wildman–Crippen MR) is 86.4 cm³/mol. The Labute approximate surface area is 134 Å². The first-order valence-electron chi connectivity index (χ1n) is 7.34. The number of carbonyl (C=O) groups is 1. The minimum atomic E-state index is -1.25. The third-order valence-electron chi connectivity index (χ3n) is 3.66. The van der Waals surface area contributed by atoms with Crippen molar-refractivity contribution in [1.82, 2.24) is 9.88 Å². The summed E-state index contributed by atoms with van der Waals surface area (Å²) in [5, 5.41) is 13.1. The Balaban J connectivity index is 1.70. The Bertz CT molecular complexity index is 774. The Morgan fingerprint density at radius 2 is 2.00 bits per heavy atom. The highest BCUT2D eigenvalue weighted by molar-refractivity contribution is 5.94. The summed E-state index contributed by atoms with van der Waals surface area (Å²) in [4.78, 5) is 12.3. The van der Waals surface area contributed by atoms with Gasteiger partial charge in [0.05, 0.1) is 12.8 Å².